The number of nitrogens with two attached hydrogens (primary N) is 1. The SMILES string of the molecule is COc1c(C(=O)Nc2cc(Cl)c(C)cc2N)cc2ccccc2c1Br. The number of nitrogen functional groups attached to an aromatic ring is 1. The number of fused-ring (bicyclic) bond motifs is 1. The number of ether oxygens (including phenoxy) is 1. The van der Waals surface area contributed by atoms with Crippen molar-refractivity contribution in [3.63, 3.8) is 0 Å². The first-order chi connectivity index (χ1) is 11.9. The van der Waals surface area contributed by atoms with Crippen molar-refractivity contribution in [3.8, 4) is 5.75 Å². The molecule has 1 amide bonds. The molecule has 4 nitrogen and oxygen atoms in total. The third-order valence-electron chi connectivity index (χ3n) is 3.97. The molecule has 0 saturated carbocycles. The second-order valence-electron chi connectivity index (χ2n) is 5.64. The van der Waals surface area contributed by atoms with E-state index >= 15 is 0 Å². The Labute approximate surface area is 159 Å². The third-order valence-corrected chi connectivity index (χ3v) is 5.16. The molecule has 0 fully saturated rings. The molecular weight excluding hydrogens is 404 g/mol. The molecule has 0 radical (unpaired) electrons. The second kappa shape index (κ2) is 6.94. The summed E-state index contributed by atoms with van der Waals surface area (Å²) in [4.78, 5) is 12.8. The van der Waals surface area contributed by atoms with Crippen LogP contribution in [-0.2, 0) is 0 Å². The summed E-state index contributed by atoms with van der Waals surface area (Å²) in [7, 11) is 1.53. The standard InChI is InChI=1S/C19H16BrClN2O2/c1-10-7-15(22)16(9-14(10)21)23-19(24)13-8-11-5-3-4-6-12(11)17(20)18(13)25-2/h3-9H,22H2,1-2H3,(H,23,24). The molecule has 0 saturated heterocycles. The first kappa shape index (κ1) is 17.6. The van der Waals surface area contributed by atoms with Crippen molar-refractivity contribution in [1.82, 2.24) is 0 Å². The van der Waals surface area contributed by atoms with Crippen LogP contribution in [-0.4, -0.2) is 13.0 Å². The smallest absolute Gasteiger partial charge is 0.259 e. The van der Waals surface area contributed by atoms with E-state index in [2.05, 4.69) is 21.2 Å². The number of rotatable bonds is 3. The van der Waals surface area contributed by atoms with Gasteiger partial charge in [-0.05, 0) is 57.4 Å². The molecule has 3 aromatic rings. The zero-order chi connectivity index (χ0) is 18.1. The quantitative estimate of drug-likeness (QED) is 0.558. The van der Waals surface area contributed by atoms with Crippen LogP contribution >= 0.6 is 27.5 Å². The Kier molecular flexibility index (Phi) is 4.88. The second-order valence-corrected chi connectivity index (χ2v) is 6.84. The van der Waals surface area contributed by atoms with Crippen LogP contribution in [0.15, 0.2) is 46.9 Å². The number of hydrogen-bond acceptors (Lipinski definition) is 3. The number of aryl methyl sites for hydroxylation is 1. The van der Waals surface area contributed by atoms with Gasteiger partial charge in [0.05, 0.1) is 28.5 Å². The number of amides is 1. The summed E-state index contributed by atoms with van der Waals surface area (Å²) in [6.45, 7) is 1.85. The van der Waals surface area contributed by atoms with Gasteiger partial charge >= 0.3 is 0 Å². The van der Waals surface area contributed by atoms with Gasteiger partial charge in [0.1, 0.15) is 5.75 Å². The molecule has 128 valence electrons. The van der Waals surface area contributed by atoms with Crippen LogP contribution in [0.25, 0.3) is 10.8 Å². The fourth-order valence-corrected chi connectivity index (χ4v) is 3.55. The third kappa shape index (κ3) is 3.30. The zero-order valence-electron chi connectivity index (χ0n) is 13.7. The van der Waals surface area contributed by atoms with E-state index in [9.17, 15) is 4.79 Å². The molecule has 0 bridgehead atoms. The molecule has 0 spiro atoms. The number of halogens is 2. The maximum atomic E-state index is 12.8. The highest BCUT2D eigenvalue weighted by atomic mass is 79.9. The summed E-state index contributed by atoms with van der Waals surface area (Å²) in [6.07, 6.45) is 0. The Balaban J connectivity index is 2.07. The minimum atomic E-state index is -0.324. The van der Waals surface area contributed by atoms with Gasteiger partial charge < -0.3 is 15.8 Å². The lowest BCUT2D eigenvalue weighted by Gasteiger charge is -2.15. The van der Waals surface area contributed by atoms with Gasteiger partial charge in [-0.1, -0.05) is 35.9 Å². The summed E-state index contributed by atoms with van der Waals surface area (Å²) >= 11 is 9.67. The summed E-state index contributed by atoms with van der Waals surface area (Å²) in [5, 5.41) is 5.24. The fourth-order valence-electron chi connectivity index (χ4n) is 2.65. The summed E-state index contributed by atoms with van der Waals surface area (Å²) < 4.78 is 6.18. The van der Waals surface area contributed by atoms with Crippen molar-refractivity contribution in [2.75, 3.05) is 18.2 Å². The van der Waals surface area contributed by atoms with Crippen LogP contribution in [0.4, 0.5) is 11.4 Å². The van der Waals surface area contributed by atoms with Gasteiger partial charge in [-0.15, -0.1) is 0 Å². The molecule has 0 unspecified atom stereocenters. The van der Waals surface area contributed by atoms with Crippen molar-refractivity contribution in [2.24, 2.45) is 0 Å². The van der Waals surface area contributed by atoms with Crippen LogP contribution in [0.5, 0.6) is 5.75 Å². The number of hydrogen-bond donors (Lipinski definition) is 2. The highest BCUT2D eigenvalue weighted by molar-refractivity contribution is 9.10. The Morgan fingerprint density at radius 3 is 2.68 bits per heavy atom. The van der Waals surface area contributed by atoms with Crippen molar-refractivity contribution >= 4 is 55.6 Å². The van der Waals surface area contributed by atoms with Gasteiger partial charge in [0.25, 0.3) is 5.91 Å². The zero-order valence-corrected chi connectivity index (χ0v) is 16.0. The average Bonchev–Trinajstić information content (AvgIpc) is 2.59. The molecular formula is C19H16BrClN2O2. The molecule has 3 rings (SSSR count). The Bertz CT molecular complexity index is 989. The number of anilines is 2. The molecule has 3 aromatic carbocycles. The Morgan fingerprint density at radius 1 is 1.24 bits per heavy atom. The van der Waals surface area contributed by atoms with E-state index in [0.717, 1.165) is 20.8 Å². The summed E-state index contributed by atoms with van der Waals surface area (Å²) in [5.41, 5.74) is 8.17. The number of carbonyl (C=O) groups excluding carboxylic acids is 1. The van der Waals surface area contributed by atoms with Crippen LogP contribution in [0.2, 0.25) is 5.02 Å². The van der Waals surface area contributed by atoms with Crippen molar-refractivity contribution in [3.05, 3.63) is 63.1 Å². The normalized spacial score (nSPS) is 10.7. The topological polar surface area (TPSA) is 64.3 Å². The lowest BCUT2D eigenvalue weighted by molar-refractivity contribution is 0.102. The molecule has 25 heavy (non-hydrogen) atoms. The monoisotopic (exact) mass is 418 g/mol. The van der Waals surface area contributed by atoms with Crippen LogP contribution in [0.1, 0.15) is 15.9 Å². The molecule has 6 heteroatoms. The minimum absolute atomic E-state index is 0.324. The molecule has 3 N–H and O–H groups in total. The molecule has 0 atom stereocenters. The Hall–Kier alpha value is -2.24. The van der Waals surface area contributed by atoms with E-state index in [1.165, 1.54) is 7.11 Å². The van der Waals surface area contributed by atoms with Gasteiger partial charge in [-0.3, -0.25) is 4.79 Å². The van der Waals surface area contributed by atoms with Crippen LogP contribution in [0, 0.1) is 6.92 Å². The maximum Gasteiger partial charge on any atom is 0.259 e. The molecule has 0 aliphatic heterocycles. The first-order valence-corrected chi connectivity index (χ1v) is 8.71. The number of nitrogens with one attached hydrogen (secondary N) is 1. The lowest BCUT2D eigenvalue weighted by Crippen LogP contribution is -2.15. The molecule has 0 aliphatic rings. The van der Waals surface area contributed by atoms with Crippen molar-refractivity contribution < 1.29 is 9.53 Å². The van der Waals surface area contributed by atoms with E-state index in [-0.39, 0.29) is 5.91 Å². The highest BCUT2D eigenvalue weighted by Gasteiger charge is 2.19. The van der Waals surface area contributed by atoms with Gasteiger partial charge in [-0.25, -0.2) is 0 Å². The van der Waals surface area contributed by atoms with Gasteiger partial charge in [-0.2, -0.15) is 0 Å². The van der Waals surface area contributed by atoms with E-state index in [0.29, 0.717) is 27.7 Å². The van der Waals surface area contributed by atoms with E-state index in [1.54, 1.807) is 18.2 Å². The number of benzene rings is 3. The average molecular weight is 420 g/mol. The van der Waals surface area contributed by atoms with Crippen molar-refractivity contribution in [2.45, 2.75) is 6.92 Å². The van der Waals surface area contributed by atoms with Gasteiger partial charge in [0, 0.05) is 5.02 Å². The summed E-state index contributed by atoms with van der Waals surface area (Å²) in [6, 6.07) is 12.9. The van der Waals surface area contributed by atoms with E-state index in [4.69, 9.17) is 22.1 Å². The van der Waals surface area contributed by atoms with Crippen LogP contribution in [0.3, 0.4) is 0 Å². The molecule has 0 heterocycles. The van der Waals surface area contributed by atoms with E-state index in [1.807, 2.05) is 31.2 Å². The largest absolute Gasteiger partial charge is 0.495 e. The van der Waals surface area contributed by atoms with E-state index < -0.39 is 0 Å². The fraction of sp³-hybridized carbons (Fsp3) is 0.105. The first-order valence-electron chi connectivity index (χ1n) is 7.54. The lowest BCUT2D eigenvalue weighted by atomic mass is 10.0. The summed E-state index contributed by atoms with van der Waals surface area (Å²) in [5.74, 6) is 0.142. The van der Waals surface area contributed by atoms with Gasteiger partial charge in [0.2, 0.25) is 0 Å². The molecule has 0 aromatic heterocycles. The van der Waals surface area contributed by atoms with Gasteiger partial charge in [0.15, 0.2) is 0 Å². The molecule has 0 aliphatic carbocycles. The predicted molar refractivity (Wildman–Crippen MR) is 107 cm³/mol. The van der Waals surface area contributed by atoms with Crippen LogP contribution < -0.4 is 15.8 Å². The minimum Gasteiger partial charge on any atom is -0.495 e. The highest BCUT2D eigenvalue weighted by Crippen LogP contribution is 2.37. The Morgan fingerprint density at radius 2 is 1.96 bits per heavy atom. The maximum absolute atomic E-state index is 12.8. The predicted octanol–water partition coefficient (Wildman–Crippen LogP) is 5.41. The van der Waals surface area contributed by atoms with Crippen molar-refractivity contribution in [1.29, 1.82) is 0 Å². The number of methoxy groups -OCH3 is 1. The number of carbonyl (C=O) groups is 1.